The predicted octanol–water partition coefficient (Wildman–Crippen LogP) is 3.03. The molecule has 3 heterocycles. The monoisotopic (exact) mass is 425 g/mol. The fraction of sp³-hybridized carbons (Fsp3) is 0.250. The van der Waals surface area contributed by atoms with E-state index in [9.17, 15) is 9.18 Å². The average molecular weight is 425 g/mol. The number of nitrogens with one attached hydrogen (secondary N) is 1. The second-order valence-corrected chi connectivity index (χ2v) is 8.27. The number of carbonyl (C=O) groups excluding carboxylic acids is 1. The number of nitrogens with zero attached hydrogens (tertiary/aromatic N) is 5. The van der Waals surface area contributed by atoms with Crippen LogP contribution in [0.15, 0.2) is 48.1 Å². The Morgan fingerprint density at radius 2 is 2.13 bits per heavy atom. The van der Waals surface area contributed by atoms with E-state index in [-0.39, 0.29) is 5.69 Å². The van der Waals surface area contributed by atoms with Gasteiger partial charge in [-0.2, -0.15) is 0 Å². The van der Waals surface area contributed by atoms with E-state index in [1.165, 1.54) is 36.3 Å². The van der Waals surface area contributed by atoms with Crippen LogP contribution in [0.3, 0.4) is 0 Å². The van der Waals surface area contributed by atoms with Gasteiger partial charge in [-0.15, -0.1) is 0 Å². The molecule has 1 amide bonds. The first-order valence-corrected chi connectivity index (χ1v) is 10.3. The molecule has 8 nitrogen and oxygen atoms in total. The largest absolute Gasteiger partial charge is 0.379 e. The third kappa shape index (κ3) is 4.04. The highest BCUT2D eigenvalue weighted by atomic mass is 32.2. The Bertz CT molecular complexity index is 1130. The fourth-order valence-corrected chi connectivity index (χ4v) is 4.18. The second kappa shape index (κ2) is 7.86. The number of imidazole rings is 1. The lowest BCUT2D eigenvalue weighted by Gasteiger charge is -2.30. The van der Waals surface area contributed by atoms with E-state index in [2.05, 4.69) is 25.3 Å². The highest BCUT2D eigenvalue weighted by Gasteiger charge is 2.32. The third-order valence-electron chi connectivity index (χ3n) is 4.85. The molecule has 4 rings (SSSR count). The number of aliphatic imine (C=N–C) groups is 1. The minimum absolute atomic E-state index is 0.143. The Hall–Kier alpha value is -3.27. The molecule has 1 aromatic carbocycles. The number of amidine groups is 1. The van der Waals surface area contributed by atoms with E-state index < -0.39 is 17.3 Å². The van der Waals surface area contributed by atoms with Gasteiger partial charge < -0.3 is 11.1 Å². The van der Waals surface area contributed by atoms with Crippen LogP contribution in [0.2, 0.25) is 0 Å². The van der Waals surface area contributed by atoms with Crippen LogP contribution in [-0.2, 0) is 5.54 Å². The Labute approximate surface area is 176 Å². The van der Waals surface area contributed by atoms with Crippen LogP contribution in [0, 0.1) is 12.7 Å². The molecule has 1 atom stereocenters. The van der Waals surface area contributed by atoms with Crippen LogP contribution in [-0.4, -0.2) is 36.3 Å². The number of hydrogen-bond donors (Lipinski definition) is 2. The maximum absolute atomic E-state index is 14.5. The summed E-state index contributed by atoms with van der Waals surface area (Å²) in [7, 11) is 0. The molecular weight excluding hydrogens is 405 g/mol. The molecule has 154 valence electrons. The number of hydrogen-bond acceptors (Lipinski definition) is 7. The maximum atomic E-state index is 14.5. The quantitative estimate of drug-likeness (QED) is 0.665. The molecular formula is C20H20FN7OS. The zero-order chi connectivity index (χ0) is 21.3. The van der Waals surface area contributed by atoms with Gasteiger partial charge in [-0.1, -0.05) is 11.8 Å². The number of aromatic nitrogens is 4. The van der Waals surface area contributed by atoms with Crippen molar-refractivity contribution >= 4 is 28.5 Å². The van der Waals surface area contributed by atoms with Crippen molar-refractivity contribution in [3.63, 3.8) is 0 Å². The molecule has 3 N–H and O–H groups in total. The van der Waals surface area contributed by atoms with Crippen LogP contribution in [0.1, 0.15) is 35.1 Å². The molecule has 3 aromatic rings. The van der Waals surface area contributed by atoms with Gasteiger partial charge in [-0.05, 0) is 38.5 Å². The normalized spacial score (nSPS) is 18.7. The van der Waals surface area contributed by atoms with Crippen LogP contribution >= 0.6 is 11.8 Å². The predicted molar refractivity (Wildman–Crippen MR) is 114 cm³/mol. The van der Waals surface area contributed by atoms with Gasteiger partial charge >= 0.3 is 0 Å². The minimum Gasteiger partial charge on any atom is -0.379 e. The number of halogens is 1. The van der Waals surface area contributed by atoms with Crippen LogP contribution in [0.25, 0.3) is 5.82 Å². The number of thioether (sulfide) groups is 1. The number of anilines is 1. The van der Waals surface area contributed by atoms with Gasteiger partial charge in [0.15, 0.2) is 11.0 Å². The van der Waals surface area contributed by atoms with Crippen molar-refractivity contribution < 1.29 is 9.18 Å². The van der Waals surface area contributed by atoms with Gasteiger partial charge in [0.05, 0.1) is 23.6 Å². The molecule has 1 aliphatic rings. The summed E-state index contributed by atoms with van der Waals surface area (Å²) in [6, 6.07) is 4.41. The zero-order valence-electron chi connectivity index (χ0n) is 16.5. The van der Waals surface area contributed by atoms with Gasteiger partial charge in [-0.3, -0.25) is 14.4 Å². The Balaban J connectivity index is 1.54. The number of amides is 1. The van der Waals surface area contributed by atoms with E-state index in [1.807, 2.05) is 20.0 Å². The van der Waals surface area contributed by atoms with Crippen LogP contribution in [0.4, 0.5) is 10.1 Å². The van der Waals surface area contributed by atoms with E-state index in [0.29, 0.717) is 28.7 Å². The van der Waals surface area contributed by atoms with Crippen molar-refractivity contribution in [1.82, 2.24) is 19.5 Å². The van der Waals surface area contributed by atoms with E-state index in [4.69, 9.17) is 5.73 Å². The van der Waals surface area contributed by atoms with Gasteiger partial charge in [0.25, 0.3) is 5.91 Å². The summed E-state index contributed by atoms with van der Waals surface area (Å²) >= 11 is 1.45. The highest BCUT2D eigenvalue weighted by molar-refractivity contribution is 8.13. The van der Waals surface area contributed by atoms with E-state index >= 15 is 0 Å². The first-order valence-electron chi connectivity index (χ1n) is 9.26. The summed E-state index contributed by atoms with van der Waals surface area (Å²) in [5, 5.41) is 3.18. The molecule has 0 bridgehead atoms. The molecule has 0 saturated heterocycles. The Kier molecular flexibility index (Phi) is 5.25. The molecule has 0 unspecified atom stereocenters. The summed E-state index contributed by atoms with van der Waals surface area (Å²) in [5.41, 5.74) is 6.90. The average Bonchev–Trinajstić information content (AvgIpc) is 3.15. The first-order chi connectivity index (χ1) is 14.3. The molecule has 10 heteroatoms. The molecule has 30 heavy (non-hydrogen) atoms. The molecule has 1 aliphatic heterocycles. The minimum atomic E-state index is -0.773. The van der Waals surface area contributed by atoms with Crippen molar-refractivity contribution in [1.29, 1.82) is 0 Å². The van der Waals surface area contributed by atoms with Crippen molar-refractivity contribution in [2.45, 2.75) is 25.8 Å². The lowest BCUT2D eigenvalue weighted by Crippen LogP contribution is -2.29. The SMILES string of the molecule is Cc1cn(-c2cnc(C(=O)Nc3ccc(F)c([C@]4(C)CCSC(N)=N4)c3)cn2)cn1. The van der Waals surface area contributed by atoms with Crippen molar-refractivity contribution in [3.8, 4) is 5.82 Å². The molecule has 0 saturated carbocycles. The van der Waals surface area contributed by atoms with Crippen molar-refractivity contribution in [2.24, 2.45) is 10.7 Å². The second-order valence-electron chi connectivity index (χ2n) is 7.15. The summed E-state index contributed by atoms with van der Waals surface area (Å²) in [6.07, 6.45) is 6.95. The number of rotatable bonds is 4. The van der Waals surface area contributed by atoms with Gasteiger partial charge in [0, 0.05) is 23.2 Å². The molecule has 2 aromatic heterocycles. The van der Waals surface area contributed by atoms with E-state index in [1.54, 1.807) is 17.0 Å². The Morgan fingerprint density at radius 3 is 2.80 bits per heavy atom. The van der Waals surface area contributed by atoms with Crippen LogP contribution < -0.4 is 11.1 Å². The lowest BCUT2D eigenvalue weighted by atomic mass is 9.89. The molecule has 0 fully saturated rings. The summed E-state index contributed by atoms with van der Waals surface area (Å²) < 4.78 is 16.2. The standard InChI is InChI=1S/C20H20FN7OS/c1-12-10-28(11-25-12)17-9-23-16(8-24-17)18(29)26-13-3-4-15(21)14(7-13)20(2)5-6-30-19(22)27-20/h3-4,7-11H,5-6H2,1-2H3,(H2,22,27)(H,26,29)/t20-/m0/s1. The fourth-order valence-electron chi connectivity index (χ4n) is 3.21. The molecule has 0 spiro atoms. The topological polar surface area (TPSA) is 111 Å². The summed E-state index contributed by atoms with van der Waals surface area (Å²) in [4.78, 5) is 29.6. The number of aryl methyl sites for hydroxylation is 1. The molecule has 0 radical (unpaired) electrons. The zero-order valence-corrected chi connectivity index (χ0v) is 17.3. The Morgan fingerprint density at radius 1 is 1.30 bits per heavy atom. The lowest BCUT2D eigenvalue weighted by molar-refractivity contribution is 0.102. The van der Waals surface area contributed by atoms with Gasteiger partial charge in [0.2, 0.25) is 0 Å². The number of benzene rings is 1. The van der Waals surface area contributed by atoms with Crippen molar-refractivity contribution in [3.05, 3.63) is 65.9 Å². The highest BCUT2D eigenvalue weighted by Crippen LogP contribution is 2.37. The van der Waals surface area contributed by atoms with E-state index in [0.717, 1.165) is 11.4 Å². The van der Waals surface area contributed by atoms with Gasteiger partial charge in [-0.25, -0.2) is 19.3 Å². The number of nitrogens with two attached hydrogens (primary N) is 1. The van der Waals surface area contributed by atoms with Crippen molar-refractivity contribution in [2.75, 3.05) is 11.1 Å². The maximum Gasteiger partial charge on any atom is 0.275 e. The third-order valence-corrected chi connectivity index (χ3v) is 5.64. The molecule has 0 aliphatic carbocycles. The summed E-state index contributed by atoms with van der Waals surface area (Å²) in [6.45, 7) is 3.71. The first kappa shape index (κ1) is 20.0. The summed E-state index contributed by atoms with van der Waals surface area (Å²) in [5.74, 6) is 0.467. The smallest absolute Gasteiger partial charge is 0.275 e. The number of carbonyl (C=O) groups is 1. The van der Waals surface area contributed by atoms with Gasteiger partial charge in [0.1, 0.15) is 17.8 Å². The van der Waals surface area contributed by atoms with Crippen LogP contribution in [0.5, 0.6) is 0 Å².